The number of benzene rings is 1. The van der Waals surface area contributed by atoms with Gasteiger partial charge in [0, 0.05) is 37.5 Å². The van der Waals surface area contributed by atoms with Crippen LogP contribution in [0.3, 0.4) is 0 Å². The third-order valence-corrected chi connectivity index (χ3v) is 6.43. The molecule has 1 unspecified atom stereocenters. The van der Waals surface area contributed by atoms with Crippen LogP contribution >= 0.6 is 11.6 Å². The summed E-state index contributed by atoms with van der Waals surface area (Å²) in [6.07, 6.45) is 4.52. The zero-order valence-electron chi connectivity index (χ0n) is 22.1. The monoisotopic (exact) mass is 555 g/mol. The fraction of sp³-hybridized carbons (Fsp3) is 0.346. The van der Waals surface area contributed by atoms with Crippen LogP contribution in [0.4, 0.5) is 17.3 Å². The topological polar surface area (TPSA) is 129 Å². The van der Waals surface area contributed by atoms with E-state index >= 15 is 0 Å². The van der Waals surface area contributed by atoms with Gasteiger partial charge in [0.25, 0.3) is 0 Å². The van der Waals surface area contributed by atoms with E-state index in [0.29, 0.717) is 28.6 Å². The number of ether oxygens (including phenoxy) is 3. The van der Waals surface area contributed by atoms with Gasteiger partial charge >= 0.3 is 5.69 Å². The minimum Gasteiger partial charge on any atom is -0.494 e. The van der Waals surface area contributed by atoms with Gasteiger partial charge in [0.15, 0.2) is 0 Å². The first-order valence-electron chi connectivity index (χ1n) is 12.3. The Bertz CT molecular complexity index is 1440. The van der Waals surface area contributed by atoms with E-state index in [4.69, 9.17) is 25.8 Å². The zero-order chi connectivity index (χ0) is 27.9. The molecule has 0 radical (unpaired) electrons. The van der Waals surface area contributed by atoms with Crippen molar-refractivity contribution in [2.45, 2.75) is 20.0 Å². The maximum absolute atomic E-state index is 12.0. The maximum Gasteiger partial charge on any atom is 0.313 e. The van der Waals surface area contributed by atoms with Gasteiger partial charge in [0.2, 0.25) is 11.7 Å². The van der Waals surface area contributed by atoms with Gasteiger partial charge in [-0.1, -0.05) is 31.5 Å². The highest BCUT2D eigenvalue weighted by Crippen LogP contribution is 2.40. The van der Waals surface area contributed by atoms with Crippen LogP contribution in [0.5, 0.6) is 11.5 Å². The summed E-state index contributed by atoms with van der Waals surface area (Å²) in [5, 5.41) is 19.7. The number of nitro benzene ring substituents is 1. The Labute approximate surface area is 230 Å². The molecule has 1 aromatic carbocycles. The van der Waals surface area contributed by atoms with Gasteiger partial charge in [-0.25, -0.2) is 14.5 Å². The number of rotatable bonds is 13. The van der Waals surface area contributed by atoms with Crippen LogP contribution in [0.1, 0.15) is 13.8 Å². The molecule has 0 saturated carbocycles. The largest absolute Gasteiger partial charge is 0.494 e. The first kappa shape index (κ1) is 28.0. The first-order valence-corrected chi connectivity index (χ1v) is 12.7. The second kappa shape index (κ2) is 12.7. The standard InChI is InChI=1S/C26H30ClN7O5/c1-5-32(6-2)15-17(16-37-3)39-24-12-23(38-4)20(11-22(24)34(35)36)30-26-28-14-19(27)25(31-26)18-13-29-33-10-8-7-9-21(18)33/h7-14,17H,5-6,15-16H2,1-4H3,(H,28,30,31). The lowest BCUT2D eigenvalue weighted by Gasteiger charge is -2.25. The summed E-state index contributed by atoms with van der Waals surface area (Å²) in [5.74, 6) is 0.552. The lowest BCUT2D eigenvalue weighted by molar-refractivity contribution is -0.386. The van der Waals surface area contributed by atoms with Crippen molar-refractivity contribution in [2.75, 3.05) is 45.8 Å². The van der Waals surface area contributed by atoms with Gasteiger partial charge in [-0.15, -0.1) is 0 Å². The van der Waals surface area contributed by atoms with E-state index in [1.165, 1.54) is 25.4 Å². The Morgan fingerprint density at radius 1 is 1.18 bits per heavy atom. The average Bonchev–Trinajstić information content (AvgIpc) is 3.37. The number of nitrogens with one attached hydrogen (secondary N) is 1. The summed E-state index contributed by atoms with van der Waals surface area (Å²) >= 11 is 6.43. The lowest BCUT2D eigenvalue weighted by atomic mass is 10.2. The van der Waals surface area contributed by atoms with Crippen LogP contribution < -0.4 is 14.8 Å². The van der Waals surface area contributed by atoms with Crippen LogP contribution in [0.15, 0.2) is 48.9 Å². The zero-order valence-corrected chi connectivity index (χ0v) is 22.9. The Kier molecular flexibility index (Phi) is 9.12. The van der Waals surface area contributed by atoms with Crippen molar-refractivity contribution >= 4 is 34.4 Å². The van der Waals surface area contributed by atoms with Crippen molar-refractivity contribution in [3.63, 3.8) is 0 Å². The fourth-order valence-corrected chi connectivity index (χ4v) is 4.36. The van der Waals surface area contributed by atoms with Crippen molar-refractivity contribution in [2.24, 2.45) is 0 Å². The number of nitro groups is 1. The molecular formula is C26H30ClN7O5. The summed E-state index contributed by atoms with van der Waals surface area (Å²) in [4.78, 5) is 22.5. The molecule has 39 heavy (non-hydrogen) atoms. The highest BCUT2D eigenvalue weighted by molar-refractivity contribution is 6.33. The minimum atomic E-state index is -0.506. The number of likely N-dealkylation sites (N-methyl/N-ethyl adjacent to an activating group) is 1. The van der Waals surface area contributed by atoms with E-state index in [-0.39, 0.29) is 29.7 Å². The number of methoxy groups -OCH3 is 2. The molecule has 12 nitrogen and oxygen atoms in total. The van der Waals surface area contributed by atoms with Gasteiger partial charge in [-0.05, 0) is 25.2 Å². The molecule has 4 aromatic rings. The molecule has 3 heterocycles. The van der Waals surface area contributed by atoms with E-state index in [1.807, 2.05) is 38.2 Å². The number of hydrogen-bond acceptors (Lipinski definition) is 10. The smallest absolute Gasteiger partial charge is 0.313 e. The number of aromatic nitrogens is 4. The second-order valence-electron chi connectivity index (χ2n) is 8.56. The quantitative estimate of drug-likeness (QED) is 0.181. The van der Waals surface area contributed by atoms with Crippen molar-refractivity contribution in [1.29, 1.82) is 0 Å². The number of nitrogens with zero attached hydrogens (tertiary/aromatic N) is 6. The lowest BCUT2D eigenvalue weighted by Crippen LogP contribution is -2.38. The summed E-state index contributed by atoms with van der Waals surface area (Å²) in [7, 11) is 3.03. The number of anilines is 2. The van der Waals surface area contributed by atoms with E-state index < -0.39 is 11.0 Å². The SMILES string of the molecule is CCN(CC)CC(COC)Oc1cc(OC)c(Nc2ncc(Cl)c(-c3cnn4ccccc34)n2)cc1[N+](=O)[O-]. The van der Waals surface area contributed by atoms with E-state index in [0.717, 1.165) is 18.6 Å². The van der Waals surface area contributed by atoms with E-state index in [9.17, 15) is 10.1 Å². The molecule has 0 aliphatic carbocycles. The van der Waals surface area contributed by atoms with Crippen LogP contribution in [0.2, 0.25) is 5.02 Å². The molecule has 3 aromatic heterocycles. The molecule has 0 aliphatic rings. The Hall–Kier alpha value is -4.00. The van der Waals surface area contributed by atoms with Crippen molar-refractivity contribution in [1.82, 2.24) is 24.5 Å². The average molecular weight is 556 g/mol. The maximum atomic E-state index is 12.0. The van der Waals surface area contributed by atoms with E-state index in [1.54, 1.807) is 17.8 Å². The fourth-order valence-electron chi connectivity index (χ4n) is 4.17. The Morgan fingerprint density at radius 2 is 1.97 bits per heavy atom. The normalized spacial score (nSPS) is 12.1. The molecule has 0 fully saturated rings. The van der Waals surface area contributed by atoms with Gasteiger partial charge < -0.3 is 24.4 Å². The summed E-state index contributed by atoms with van der Waals surface area (Å²) in [6.45, 7) is 6.52. The predicted octanol–water partition coefficient (Wildman–Crippen LogP) is 4.84. The van der Waals surface area contributed by atoms with Crippen LogP contribution in [0.25, 0.3) is 16.8 Å². The van der Waals surface area contributed by atoms with Gasteiger partial charge in [-0.2, -0.15) is 5.10 Å². The second-order valence-corrected chi connectivity index (χ2v) is 8.97. The molecule has 4 rings (SSSR count). The van der Waals surface area contributed by atoms with Crippen LogP contribution in [0, 0.1) is 10.1 Å². The first-order chi connectivity index (χ1) is 18.9. The minimum absolute atomic E-state index is 0.0701. The molecule has 0 aliphatic heterocycles. The molecule has 0 amide bonds. The molecule has 206 valence electrons. The van der Waals surface area contributed by atoms with Crippen LogP contribution in [-0.2, 0) is 4.74 Å². The van der Waals surface area contributed by atoms with Gasteiger partial charge in [0.05, 0.1) is 53.0 Å². The van der Waals surface area contributed by atoms with Crippen molar-refractivity contribution < 1.29 is 19.1 Å². The highest BCUT2D eigenvalue weighted by Gasteiger charge is 2.25. The third-order valence-electron chi connectivity index (χ3n) is 6.15. The van der Waals surface area contributed by atoms with Gasteiger partial charge in [0.1, 0.15) is 11.9 Å². The molecule has 1 N–H and O–H groups in total. The summed E-state index contributed by atoms with van der Waals surface area (Å²) < 4.78 is 18.6. The highest BCUT2D eigenvalue weighted by atomic mass is 35.5. The van der Waals surface area contributed by atoms with Crippen molar-refractivity contribution in [3.8, 4) is 22.8 Å². The molecule has 0 bridgehead atoms. The number of fused-ring (bicyclic) bond motifs is 1. The van der Waals surface area contributed by atoms with E-state index in [2.05, 4.69) is 25.3 Å². The summed E-state index contributed by atoms with van der Waals surface area (Å²) in [6, 6.07) is 8.47. The molecule has 0 spiro atoms. The Morgan fingerprint density at radius 3 is 2.67 bits per heavy atom. The Balaban J connectivity index is 1.67. The number of pyridine rings is 1. The van der Waals surface area contributed by atoms with Crippen molar-refractivity contribution in [3.05, 3.63) is 64.1 Å². The number of hydrogen-bond donors (Lipinski definition) is 1. The molecule has 13 heteroatoms. The number of halogens is 1. The van der Waals surface area contributed by atoms with Gasteiger partial charge in [-0.3, -0.25) is 10.1 Å². The third kappa shape index (κ3) is 6.36. The predicted molar refractivity (Wildman–Crippen MR) is 148 cm³/mol. The molecular weight excluding hydrogens is 526 g/mol. The molecule has 1 atom stereocenters. The summed E-state index contributed by atoms with van der Waals surface area (Å²) in [5.41, 5.74) is 2.04. The molecule has 0 saturated heterocycles. The van der Waals surface area contributed by atoms with Crippen LogP contribution in [-0.4, -0.2) is 76.0 Å².